The van der Waals surface area contributed by atoms with Gasteiger partial charge in [-0.1, -0.05) is 6.07 Å². The molecule has 0 unspecified atom stereocenters. The van der Waals surface area contributed by atoms with E-state index in [4.69, 9.17) is 0 Å². The van der Waals surface area contributed by atoms with Crippen LogP contribution in [0.4, 0.5) is 5.69 Å². The lowest BCUT2D eigenvalue weighted by atomic mass is 10.1. The van der Waals surface area contributed by atoms with Crippen molar-refractivity contribution in [3.8, 4) is 0 Å². The lowest BCUT2D eigenvalue weighted by Crippen LogP contribution is -2.35. The van der Waals surface area contributed by atoms with E-state index in [-0.39, 0.29) is 18.4 Å². The van der Waals surface area contributed by atoms with Gasteiger partial charge in [-0.15, -0.1) is 0 Å². The molecule has 1 aromatic heterocycles. The molecule has 1 aliphatic heterocycles. The Morgan fingerprint density at radius 3 is 2.70 bits per heavy atom. The average Bonchev–Trinajstić information content (AvgIpc) is 3.08. The molecular weight excluding hydrogens is 292 g/mol. The predicted molar refractivity (Wildman–Crippen MR) is 87.1 cm³/mol. The molecule has 0 bridgehead atoms. The van der Waals surface area contributed by atoms with Gasteiger partial charge in [-0.3, -0.25) is 14.3 Å². The first kappa shape index (κ1) is 15.3. The quantitative estimate of drug-likeness (QED) is 0.940. The van der Waals surface area contributed by atoms with E-state index >= 15 is 0 Å². The SMILES string of the molecule is O=C(Cn1cccn1)Nc1cccc(C(=O)N2CCCCC2)c1. The number of nitrogens with one attached hydrogen (secondary N) is 1. The second-order valence-corrected chi connectivity index (χ2v) is 5.69. The minimum Gasteiger partial charge on any atom is -0.339 e. The van der Waals surface area contributed by atoms with Gasteiger partial charge in [0.05, 0.1) is 0 Å². The van der Waals surface area contributed by atoms with Crippen LogP contribution in [0.15, 0.2) is 42.7 Å². The molecule has 0 atom stereocenters. The normalized spacial score (nSPS) is 14.5. The zero-order chi connectivity index (χ0) is 16.1. The summed E-state index contributed by atoms with van der Waals surface area (Å²) in [5, 5.41) is 6.81. The van der Waals surface area contributed by atoms with Crippen LogP contribution in [-0.4, -0.2) is 39.6 Å². The molecule has 23 heavy (non-hydrogen) atoms. The van der Waals surface area contributed by atoms with Crippen molar-refractivity contribution >= 4 is 17.5 Å². The molecule has 0 aliphatic carbocycles. The predicted octanol–water partition coefficient (Wildman–Crippen LogP) is 2.15. The Kier molecular flexibility index (Phi) is 4.71. The Labute approximate surface area is 135 Å². The molecule has 0 radical (unpaired) electrons. The summed E-state index contributed by atoms with van der Waals surface area (Å²) in [6, 6.07) is 8.87. The standard InChI is InChI=1S/C17H20N4O2/c22-16(13-21-11-5-8-18-21)19-15-7-4-6-14(12-15)17(23)20-9-2-1-3-10-20/h4-8,11-12H,1-3,9-10,13H2,(H,19,22). The Bertz CT molecular complexity index is 676. The maximum absolute atomic E-state index is 12.5. The smallest absolute Gasteiger partial charge is 0.253 e. The number of hydrogen-bond donors (Lipinski definition) is 1. The van der Waals surface area contributed by atoms with Gasteiger partial charge in [0.15, 0.2) is 0 Å². The van der Waals surface area contributed by atoms with Crippen LogP contribution >= 0.6 is 0 Å². The monoisotopic (exact) mass is 312 g/mol. The molecule has 0 saturated carbocycles. The number of anilines is 1. The number of aromatic nitrogens is 2. The van der Waals surface area contributed by atoms with Crippen LogP contribution in [0, 0.1) is 0 Å². The topological polar surface area (TPSA) is 67.2 Å². The molecule has 1 aliphatic rings. The van der Waals surface area contributed by atoms with E-state index < -0.39 is 0 Å². The van der Waals surface area contributed by atoms with E-state index in [1.165, 1.54) is 6.42 Å². The number of hydrogen-bond acceptors (Lipinski definition) is 3. The van der Waals surface area contributed by atoms with E-state index in [1.807, 2.05) is 4.90 Å². The Hall–Kier alpha value is -2.63. The van der Waals surface area contributed by atoms with Gasteiger partial charge in [-0.25, -0.2) is 0 Å². The number of rotatable bonds is 4. The first-order valence-electron chi connectivity index (χ1n) is 7.89. The lowest BCUT2D eigenvalue weighted by Gasteiger charge is -2.26. The van der Waals surface area contributed by atoms with E-state index in [2.05, 4.69) is 10.4 Å². The molecule has 6 nitrogen and oxygen atoms in total. The van der Waals surface area contributed by atoms with Gasteiger partial charge in [-0.2, -0.15) is 5.10 Å². The van der Waals surface area contributed by atoms with E-state index in [1.54, 1.807) is 47.4 Å². The molecule has 1 fully saturated rings. The molecule has 3 rings (SSSR count). The van der Waals surface area contributed by atoms with Gasteiger partial charge in [0.1, 0.15) is 6.54 Å². The summed E-state index contributed by atoms with van der Waals surface area (Å²) >= 11 is 0. The fourth-order valence-electron chi connectivity index (χ4n) is 2.75. The third-order valence-electron chi connectivity index (χ3n) is 3.90. The van der Waals surface area contributed by atoms with Crippen molar-refractivity contribution in [3.63, 3.8) is 0 Å². The maximum atomic E-state index is 12.5. The van der Waals surface area contributed by atoms with Crippen molar-refractivity contribution in [2.45, 2.75) is 25.8 Å². The molecule has 1 saturated heterocycles. The summed E-state index contributed by atoms with van der Waals surface area (Å²) in [7, 11) is 0. The second kappa shape index (κ2) is 7.09. The highest BCUT2D eigenvalue weighted by molar-refractivity contribution is 5.97. The number of likely N-dealkylation sites (tertiary alicyclic amines) is 1. The minimum atomic E-state index is -0.170. The zero-order valence-electron chi connectivity index (χ0n) is 12.9. The number of amides is 2. The fourth-order valence-corrected chi connectivity index (χ4v) is 2.75. The van der Waals surface area contributed by atoms with Crippen LogP contribution in [-0.2, 0) is 11.3 Å². The summed E-state index contributed by atoms with van der Waals surface area (Å²) < 4.78 is 1.55. The molecule has 6 heteroatoms. The minimum absolute atomic E-state index is 0.0351. The van der Waals surface area contributed by atoms with E-state index in [0.717, 1.165) is 25.9 Å². The second-order valence-electron chi connectivity index (χ2n) is 5.69. The number of nitrogens with zero attached hydrogens (tertiary/aromatic N) is 3. The number of carbonyl (C=O) groups is 2. The van der Waals surface area contributed by atoms with E-state index in [0.29, 0.717) is 11.3 Å². The number of benzene rings is 1. The highest BCUT2D eigenvalue weighted by Crippen LogP contribution is 2.16. The van der Waals surface area contributed by atoms with Crippen LogP contribution in [0.5, 0.6) is 0 Å². The van der Waals surface area contributed by atoms with Crippen molar-refractivity contribution in [1.82, 2.24) is 14.7 Å². The summed E-state index contributed by atoms with van der Waals surface area (Å²) in [4.78, 5) is 26.4. The lowest BCUT2D eigenvalue weighted by molar-refractivity contribution is -0.116. The molecular formula is C17H20N4O2. The Balaban J connectivity index is 1.64. The van der Waals surface area contributed by atoms with Gasteiger partial charge < -0.3 is 10.2 Å². The Morgan fingerprint density at radius 2 is 1.96 bits per heavy atom. The summed E-state index contributed by atoms with van der Waals surface area (Å²) in [6.45, 7) is 1.78. The van der Waals surface area contributed by atoms with Crippen molar-refractivity contribution in [2.24, 2.45) is 0 Å². The summed E-state index contributed by atoms with van der Waals surface area (Å²) in [5.74, 6) is -0.135. The largest absolute Gasteiger partial charge is 0.339 e. The van der Waals surface area contributed by atoms with Crippen LogP contribution < -0.4 is 5.32 Å². The van der Waals surface area contributed by atoms with Gasteiger partial charge in [0, 0.05) is 36.7 Å². The highest BCUT2D eigenvalue weighted by atomic mass is 16.2. The molecule has 0 spiro atoms. The van der Waals surface area contributed by atoms with Crippen molar-refractivity contribution in [1.29, 1.82) is 0 Å². The molecule has 2 amide bonds. The van der Waals surface area contributed by atoms with Crippen molar-refractivity contribution in [2.75, 3.05) is 18.4 Å². The van der Waals surface area contributed by atoms with Gasteiger partial charge in [0.2, 0.25) is 5.91 Å². The third kappa shape index (κ3) is 3.97. The molecule has 1 aromatic carbocycles. The van der Waals surface area contributed by atoms with Crippen LogP contribution in [0.25, 0.3) is 0 Å². The van der Waals surface area contributed by atoms with Crippen LogP contribution in [0.1, 0.15) is 29.6 Å². The average molecular weight is 312 g/mol. The van der Waals surface area contributed by atoms with Gasteiger partial charge in [0.25, 0.3) is 5.91 Å². The molecule has 120 valence electrons. The van der Waals surface area contributed by atoms with Crippen molar-refractivity contribution < 1.29 is 9.59 Å². The number of carbonyl (C=O) groups excluding carboxylic acids is 2. The molecule has 1 N–H and O–H groups in total. The highest BCUT2D eigenvalue weighted by Gasteiger charge is 2.18. The van der Waals surface area contributed by atoms with E-state index in [9.17, 15) is 9.59 Å². The summed E-state index contributed by atoms with van der Waals surface area (Å²) in [5.41, 5.74) is 1.24. The van der Waals surface area contributed by atoms with Gasteiger partial charge >= 0.3 is 0 Å². The first-order valence-corrected chi connectivity index (χ1v) is 7.89. The third-order valence-corrected chi connectivity index (χ3v) is 3.90. The first-order chi connectivity index (χ1) is 11.2. The van der Waals surface area contributed by atoms with Crippen molar-refractivity contribution in [3.05, 3.63) is 48.3 Å². The van der Waals surface area contributed by atoms with Crippen LogP contribution in [0.3, 0.4) is 0 Å². The zero-order valence-corrected chi connectivity index (χ0v) is 12.9. The summed E-state index contributed by atoms with van der Waals surface area (Å²) in [6.07, 6.45) is 6.67. The maximum Gasteiger partial charge on any atom is 0.253 e. The molecule has 2 heterocycles. The molecule has 2 aromatic rings. The fraction of sp³-hybridized carbons (Fsp3) is 0.353. The Morgan fingerprint density at radius 1 is 1.13 bits per heavy atom. The van der Waals surface area contributed by atoms with Crippen LogP contribution in [0.2, 0.25) is 0 Å². The number of piperidine rings is 1. The van der Waals surface area contributed by atoms with Gasteiger partial charge in [-0.05, 0) is 43.5 Å².